The quantitative estimate of drug-likeness (QED) is 0.123. The number of carbonyl (C=O) groups excluding carboxylic acids is 1. The molecule has 0 amide bonds. The highest BCUT2D eigenvalue weighted by Crippen LogP contribution is 2.32. The van der Waals surface area contributed by atoms with Crippen LogP contribution in [0.3, 0.4) is 0 Å². The van der Waals surface area contributed by atoms with E-state index in [9.17, 15) is 27.2 Å². The van der Waals surface area contributed by atoms with Gasteiger partial charge in [-0.05, 0) is 79.9 Å². The molecule has 2 aromatic carbocycles. The molecule has 0 aliphatic rings. The molecule has 0 aliphatic heterocycles. The third-order valence-electron chi connectivity index (χ3n) is 2.84. The van der Waals surface area contributed by atoms with Gasteiger partial charge in [-0.25, -0.2) is 27.2 Å². The number of hydrogen-bond acceptors (Lipinski definition) is 3. The number of esters is 1. The van der Waals surface area contributed by atoms with E-state index < -0.39 is 46.3 Å². The largest absolute Gasteiger partial charge is 0.478 e. The minimum Gasteiger partial charge on any atom is -0.478 e. The van der Waals surface area contributed by atoms with Crippen molar-refractivity contribution in [1.82, 2.24) is 0 Å². The van der Waals surface area contributed by atoms with E-state index in [0.717, 1.165) is 3.57 Å². The van der Waals surface area contributed by atoms with E-state index in [-0.39, 0.29) is 5.75 Å². The Balaban J connectivity index is 2.63. The molecule has 11 heteroatoms. The van der Waals surface area contributed by atoms with E-state index in [1.54, 1.807) is 12.1 Å². The number of benzene rings is 2. The summed E-state index contributed by atoms with van der Waals surface area (Å²) in [5.74, 6) is -12.8. The van der Waals surface area contributed by atoms with Crippen molar-refractivity contribution >= 4 is 79.7 Å². The minimum atomic E-state index is -2.33. The molecule has 25 heavy (non-hydrogen) atoms. The van der Waals surface area contributed by atoms with Gasteiger partial charge >= 0.3 is 11.9 Å². The zero-order valence-electron chi connectivity index (χ0n) is 11.5. The summed E-state index contributed by atoms with van der Waals surface area (Å²) in [5, 5.41) is 8.94. The van der Waals surface area contributed by atoms with Crippen LogP contribution in [-0.4, -0.2) is 17.0 Å². The van der Waals surface area contributed by atoms with Gasteiger partial charge in [-0.15, -0.1) is 0 Å². The van der Waals surface area contributed by atoms with Crippen molar-refractivity contribution in [2.24, 2.45) is 0 Å². The molecular weight excluding hydrogens is 689 g/mol. The predicted octanol–water partition coefficient (Wildman–Crippen LogP) is 4.97. The van der Waals surface area contributed by atoms with Crippen molar-refractivity contribution in [2.45, 2.75) is 0 Å². The van der Waals surface area contributed by atoms with Gasteiger partial charge in [0.1, 0.15) is 11.1 Å². The number of halogens is 7. The van der Waals surface area contributed by atoms with Gasteiger partial charge in [-0.3, -0.25) is 0 Å². The molecule has 0 heterocycles. The molecule has 0 fully saturated rings. The highest BCUT2D eigenvalue weighted by molar-refractivity contribution is 14.1. The molecule has 2 rings (SSSR count). The van der Waals surface area contributed by atoms with Gasteiger partial charge in [0.25, 0.3) is 0 Å². The van der Waals surface area contributed by atoms with Crippen LogP contribution in [-0.2, 0) is 0 Å². The molecule has 0 bridgehead atoms. The van der Waals surface area contributed by atoms with Crippen LogP contribution in [0.1, 0.15) is 20.7 Å². The summed E-state index contributed by atoms with van der Waals surface area (Å²) in [6.45, 7) is 0. The number of ether oxygens (including phenoxy) is 1. The van der Waals surface area contributed by atoms with Gasteiger partial charge in [0.15, 0.2) is 29.0 Å². The molecular formula is C14H3F4I3O4. The highest BCUT2D eigenvalue weighted by atomic mass is 127. The van der Waals surface area contributed by atoms with E-state index in [4.69, 9.17) is 9.84 Å². The predicted molar refractivity (Wildman–Crippen MR) is 103 cm³/mol. The first-order valence-electron chi connectivity index (χ1n) is 6.02. The molecule has 4 nitrogen and oxygen atoms in total. The Morgan fingerprint density at radius 3 is 1.72 bits per heavy atom. The molecule has 0 aromatic heterocycles. The summed E-state index contributed by atoms with van der Waals surface area (Å²) in [6.07, 6.45) is 0. The summed E-state index contributed by atoms with van der Waals surface area (Å²) in [6, 6.07) is 3.21. The van der Waals surface area contributed by atoms with E-state index in [0.29, 0.717) is 7.14 Å². The fourth-order valence-corrected chi connectivity index (χ4v) is 5.60. The third kappa shape index (κ3) is 4.01. The molecule has 1 N–H and O–H groups in total. The maximum Gasteiger partial charge on any atom is 0.347 e. The first kappa shape index (κ1) is 20.6. The van der Waals surface area contributed by atoms with Gasteiger partial charge < -0.3 is 9.84 Å². The van der Waals surface area contributed by atoms with Crippen LogP contribution < -0.4 is 4.74 Å². The Hall–Kier alpha value is -0.710. The van der Waals surface area contributed by atoms with Crippen LogP contribution in [0, 0.1) is 34.0 Å². The van der Waals surface area contributed by atoms with Crippen molar-refractivity contribution < 1.29 is 37.0 Å². The van der Waals surface area contributed by atoms with Gasteiger partial charge in [-0.1, -0.05) is 0 Å². The van der Waals surface area contributed by atoms with Crippen LogP contribution in [0.25, 0.3) is 0 Å². The van der Waals surface area contributed by atoms with Crippen molar-refractivity contribution in [3.8, 4) is 5.75 Å². The molecule has 0 atom stereocenters. The fourth-order valence-electron chi connectivity index (χ4n) is 1.79. The zero-order valence-corrected chi connectivity index (χ0v) is 17.9. The molecule has 0 saturated heterocycles. The molecule has 0 unspecified atom stereocenters. The normalized spacial score (nSPS) is 10.7. The van der Waals surface area contributed by atoms with Gasteiger partial charge in [0.2, 0.25) is 0 Å². The average molecular weight is 692 g/mol. The monoisotopic (exact) mass is 692 g/mol. The molecule has 0 spiro atoms. The Bertz CT molecular complexity index is 895. The topological polar surface area (TPSA) is 63.6 Å². The van der Waals surface area contributed by atoms with Crippen LogP contribution in [0.5, 0.6) is 5.75 Å². The second-order valence-corrected chi connectivity index (χ2v) is 7.97. The number of hydrogen-bond donors (Lipinski definition) is 1. The van der Waals surface area contributed by atoms with Crippen LogP contribution in [0.4, 0.5) is 17.6 Å². The van der Waals surface area contributed by atoms with E-state index in [2.05, 4.69) is 0 Å². The van der Waals surface area contributed by atoms with Gasteiger partial charge in [0.05, 0.1) is 7.14 Å². The maximum absolute atomic E-state index is 13.9. The van der Waals surface area contributed by atoms with Gasteiger partial charge in [-0.2, -0.15) is 0 Å². The number of rotatable bonds is 3. The average Bonchev–Trinajstić information content (AvgIpc) is 2.51. The second-order valence-electron chi connectivity index (χ2n) is 4.40. The van der Waals surface area contributed by atoms with Crippen molar-refractivity contribution in [1.29, 1.82) is 0 Å². The lowest BCUT2D eigenvalue weighted by molar-refractivity contribution is 0.0655. The van der Waals surface area contributed by atoms with E-state index >= 15 is 0 Å². The summed E-state index contributed by atoms with van der Waals surface area (Å²) in [4.78, 5) is 23.3. The number of aromatic carboxylic acids is 1. The van der Waals surface area contributed by atoms with Crippen LogP contribution >= 0.6 is 67.8 Å². The number of carboxylic acids is 1. The molecule has 0 aliphatic carbocycles. The zero-order chi connectivity index (χ0) is 19.0. The Labute approximate surface area is 178 Å². The SMILES string of the molecule is O=C(O)c1c(F)c(F)c(F)c(F)c1C(=O)Oc1c(I)cc(I)cc1I. The summed E-state index contributed by atoms with van der Waals surface area (Å²) in [5.41, 5.74) is -3.18. The summed E-state index contributed by atoms with van der Waals surface area (Å²) >= 11 is 5.61. The number of carboxylic acid groups (broad SMARTS) is 1. The minimum absolute atomic E-state index is 0.0486. The van der Waals surface area contributed by atoms with Crippen LogP contribution in [0.15, 0.2) is 12.1 Å². The Kier molecular flexibility index (Phi) is 6.50. The first-order chi connectivity index (χ1) is 11.6. The van der Waals surface area contributed by atoms with Crippen molar-refractivity contribution in [3.05, 3.63) is 57.2 Å². The molecule has 0 saturated carbocycles. The third-order valence-corrected chi connectivity index (χ3v) is 5.07. The Morgan fingerprint density at radius 1 is 0.840 bits per heavy atom. The molecule has 0 radical (unpaired) electrons. The lowest BCUT2D eigenvalue weighted by atomic mass is 10.1. The fraction of sp³-hybridized carbons (Fsp3) is 0. The van der Waals surface area contributed by atoms with Crippen LogP contribution in [0.2, 0.25) is 0 Å². The highest BCUT2D eigenvalue weighted by Gasteiger charge is 2.34. The lowest BCUT2D eigenvalue weighted by Gasteiger charge is -2.12. The molecule has 132 valence electrons. The van der Waals surface area contributed by atoms with E-state index in [1.165, 1.54) is 0 Å². The smallest absolute Gasteiger partial charge is 0.347 e. The summed E-state index contributed by atoms with van der Waals surface area (Å²) < 4.78 is 60.8. The van der Waals surface area contributed by atoms with E-state index in [1.807, 2.05) is 67.8 Å². The number of carbonyl (C=O) groups is 2. The second kappa shape index (κ2) is 7.89. The Morgan fingerprint density at radius 2 is 1.28 bits per heavy atom. The van der Waals surface area contributed by atoms with Crippen molar-refractivity contribution in [3.63, 3.8) is 0 Å². The summed E-state index contributed by atoms with van der Waals surface area (Å²) in [7, 11) is 0. The van der Waals surface area contributed by atoms with Crippen molar-refractivity contribution in [2.75, 3.05) is 0 Å². The first-order valence-corrected chi connectivity index (χ1v) is 9.25. The lowest BCUT2D eigenvalue weighted by Crippen LogP contribution is -2.21. The standard InChI is InChI=1S/C14H3F4I3O4/c15-8-6(13(22)23)7(9(16)11(18)10(8)17)14(24)25-12-4(20)1-3(19)2-5(12)21/h1-2H,(H,22,23). The molecule has 2 aromatic rings. The van der Waals surface area contributed by atoms with Gasteiger partial charge in [0, 0.05) is 3.57 Å². The maximum atomic E-state index is 13.9.